The van der Waals surface area contributed by atoms with Gasteiger partial charge in [0.15, 0.2) is 6.61 Å². The Kier molecular flexibility index (Phi) is 8.82. The van der Waals surface area contributed by atoms with Crippen LogP contribution in [0.5, 0.6) is 11.6 Å². The van der Waals surface area contributed by atoms with Crippen LogP contribution in [0, 0.1) is 6.92 Å². The monoisotopic (exact) mass is 392 g/mol. The number of thiol groups is 1. The van der Waals surface area contributed by atoms with Crippen LogP contribution in [0.4, 0.5) is 0 Å². The average Bonchev–Trinajstić information content (AvgIpc) is 2.66. The lowest BCUT2D eigenvalue weighted by molar-refractivity contribution is -0.123. The highest BCUT2D eigenvalue weighted by Crippen LogP contribution is 2.12. The second-order valence-corrected chi connectivity index (χ2v) is 6.31. The number of benzene rings is 1. The second-order valence-electron chi connectivity index (χ2n) is 5.85. The highest BCUT2D eigenvalue weighted by atomic mass is 32.1. The number of nitrogens with zero attached hydrogens (tertiary/aromatic N) is 2. The number of aromatic nitrogens is 2. The summed E-state index contributed by atoms with van der Waals surface area (Å²) in [4.78, 5) is 11.7. The van der Waals surface area contributed by atoms with Gasteiger partial charge in [-0.05, 0) is 30.7 Å². The average molecular weight is 392 g/mol. The van der Waals surface area contributed by atoms with E-state index < -0.39 is 6.10 Å². The zero-order valence-corrected chi connectivity index (χ0v) is 16.0. The molecule has 1 amide bonds. The van der Waals surface area contributed by atoms with Gasteiger partial charge in [0.2, 0.25) is 5.88 Å². The van der Waals surface area contributed by atoms with E-state index in [1.165, 1.54) is 0 Å². The molecule has 2 rings (SSSR count). The second kappa shape index (κ2) is 11.4. The van der Waals surface area contributed by atoms with E-state index in [2.05, 4.69) is 33.5 Å². The van der Waals surface area contributed by atoms with Crippen LogP contribution < -0.4 is 20.1 Å². The fourth-order valence-corrected chi connectivity index (χ4v) is 2.22. The quantitative estimate of drug-likeness (QED) is 0.328. The highest BCUT2D eigenvalue weighted by molar-refractivity contribution is 7.80. The molecule has 27 heavy (non-hydrogen) atoms. The number of aryl methyl sites for hydroxylation is 1. The molecule has 0 aliphatic carbocycles. The molecular formula is C18H24N4O4S. The Morgan fingerprint density at radius 1 is 1.22 bits per heavy atom. The molecule has 2 aromatic rings. The lowest BCUT2D eigenvalue weighted by atomic mass is 10.2. The predicted molar refractivity (Wildman–Crippen MR) is 103 cm³/mol. The van der Waals surface area contributed by atoms with Crippen molar-refractivity contribution in [2.24, 2.45) is 0 Å². The predicted octanol–water partition coefficient (Wildman–Crippen LogP) is 0.598. The van der Waals surface area contributed by atoms with Crippen molar-refractivity contribution in [3.8, 4) is 11.6 Å². The molecule has 146 valence electrons. The number of carbonyl (C=O) groups excluding carboxylic acids is 1. The Labute approximate surface area is 163 Å². The molecule has 9 heteroatoms. The summed E-state index contributed by atoms with van der Waals surface area (Å²) < 4.78 is 10.7. The van der Waals surface area contributed by atoms with Crippen molar-refractivity contribution in [2.75, 3.05) is 32.8 Å². The van der Waals surface area contributed by atoms with Crippen molar-refractivity contribution in [3.05, 3.63) is 42.0 Å². The Hall–Kier alpha value is -2.36. The number of aliphatic hydroxyl groups is 1. The zero-order chi connectivity index (χ0) is 19.5. The van der Waals surface area contributed by atoms with Gasteiger partial charge in [-0.15, -0.1) is 22.8 Å². The molecule has 1 heterocycles. The summed E-state index contributed by atoms with van der Waals surface area (Å²) >= 11 is 4.02. The van der Waals surface area contributed by atoms with E-state index in [1.807, 2.05) is 31.2 Å². The highest BCUT2D eigenvalue weighted by Gasteiger charge is 2.06. The SMILES string of the molecule is Cc1cccc(OCC(O)CNCCNC(=O)COc2ccc(S)nn2)c1. The maximum absolute atomic E-state index is 11.7. The largest absolute Gasteiger partial charge is 0.491 e. The summed E-state index contributed by atoms with van der Waals surface area (Å²) in [5, 5.41) is 23.6. The summed E-state index contributed by atoms with van der Waals surface area (Å²) in [6.45, 7) is 3.33. The van der Waals surface area contributed by atoms with Crippen molar-refractivity contribution in [1.82, 2.24) is 20.8 Å². The number of rotatable bonds is 11. The number of nitrogens with one attached hydrogen (secondary N) is 2. The van der Waals surface area contributed by atoms with Crippen LogP contribution >= 0.6 is 12.6 Å². The number of carbonyl (C=O) groups is 1. The molecule has 0 radical (unpaired) electrons. The van der Waals surface area contributed by atoms with Gasteiger partial charge in [-0.1, -0.05) is 12.1 Å². The summed E-state index contributed by atoms with van der Waals surface area (Å²) in [6, 6.07) is 10.9. The van der Waals surface area contributed by atoms with Crippen LogP contribution in [0.2, 0.25) is 0 Å². The molecule has 3 N–H and O–H groups in total. The van der Waals surface area contributed by atoms with Crippen LogP contribution in [0.25, 0.3) is 0 Å². The van der Waals surface area contributed by atoms with Gasteiger partial charge in [-0.3, -0.25) is 4.79 Å². The third-order valence-corrected chi connectivity index (χ3v) is 3.65. The Balaban J connectivity index is 1.50. The minimum atomic E-state index is -0.641. The smallest absolute Gasteiger partial charge is 0.258 e. The van der Waals surface area contributed by atoms with Gasteiger partial charge >= 0.3 is 0 Å². The Morgan fingerprint density at radius 2 is 2.07 bits per heavy atom. The van der Waals surface area contributed by atoms with Gasteiger partial charge in [0.25, 0.3) is 5.91 Å². The summed E-state index contributed by atoms with van der Waals surface area (Å²) in [5.74, 6) is 0.727. The number of hydrogen-bond acceptors (Lipinski definition) is 8. The Morgan fingerprint density at radius 3 is 2.81 bits per heavy atom. The van der Waals surface area contributed by atoms with E-state index in [0.717, 1.165) is 11.3 Å². The molecule has 8 nitrogen and oxygen atoms in total. The first kappa shape index (κ1) is 20.9. The third kappa shape index (κ3) is 8.72. The molecule has 0 bridgehead atoms. The first-order chi connectivity index (χ1) is 13.0. The number of ether oxygens (including phenoxy) is 2. The maximum atomic E-state index is 11.7. The van der Waals surface area contributed by atoms with E-state index in [9.17, 15) is 9.90 Å². The molecule has 0 spiro atoms. The summed E-state index contributed by atoms with van der Waals surface area (Å²) in [6.07, 6.45) is -0.641. The summed E-state index contributed by atoms with van der Waals surface area (Å²) in [5.41, 5.74) is 1.10. The molecule has 1 unspecified atom stereocenters. The van der Waals surface area contributed by atoms with Crippen molar-refractivity contribution >= 4 is 18.5 Å². The van der Waals surface area contributed by atoms with Gasteiger partial charge < -0.3 is 25.2 Å². The first-order valence-electron chi connectivity index (χ1n) is 8.53. The lowest BCUT2D eigenvalue weighted by Crippen LogP contribution is -2.38. The molecule has 0 saturated heterocycles. The van der Waals surface area contributed by atoms with Gasteiger partial charge in [0.05, 0.1) is 0 Å². The number of amides is 1. The molecule has 1 aromatic heterocycles. The minimum absolute atomic E-state index is 0.145. The van der Waals surface area contributed by atoms with E-state index in [1.54, 1.807) is 12.1 Å². The standard InChI is InChI=1S/C18H24N4O4S/c1-13-3-2-4-15(9-13)25-11-14(23)10-19-7-8-20-16(24)12-26-17-5-6-18(27)22-21-17/h2-6,9,14,19,23H,7-8,10-12H2,1H3,(H,20,24)(H,22,27). The van der Waals surface area contributed by atoms with Gasteiger partial charge in [0, 0.05) is 25.7 Å². The van der Waals surface area contributed by atoms with E-state index >= 15 is 0 Å². The Bertz CT molecular complexity index is 715. The molecule has 0 fully saturated rings. The van der Waals surface area contributed by atoms with Crippen molar-refractivity contribution in [1.29, 1.82) is 0 Å². The molecule has 0 aliphatic heterocycles. The van der Waals surface area contributed by atoms with Crippen molar-refractivity contribution in [3.63, 3.8) is 0 Å². The molecule has 0 aliphatic rings. The fourth-order valence-electron chi connectivity index (χ4n) is 2.10. The van der Waals surface area contributed by atoms with Crippen LogP contribution in [-0.2, 0) is 4.79 Å². The normalized spacial score (nSPS) is 11.7. The van der Waals surface area contributed by atoms with Gasteiger partial charge in [-0.25, -0.2) is 0 Å². The molecular weight excluding hydrogens is 368 g/mol. The summed E-state index contributed by atoms with van der Waals surface area (Å²) in [7, 11) is 0. The van der Waals surface area contributed by atoms with Crippen molar-refractivity contribution < 1.29 is 19.4 Å². The molecule has 0 saturated carbocycles. The minimum Gasteiger partial charge on any atom is -0.491 e. The number of aliphatic hydroxyl groups excluding tert-OH is 1. The third-order valence-electron chi connectivity index (χ3n) is 3.41. The molecule has 1 aromatic carbocycles. The fraction of sp³-hybridized carbons (Fsp3) is 0.389. The van der Waals surface area contributed by atoms with Crippen LogP contribution in [0.3, 0.4) is 0 Å². The van der Waals surface area contributed by atoms with E-state index in [4.69, 9.17) is 9.47 Å². The van der Waals surface area contributed by atoms with E-state index in [-0.39, 0.29) is 25.0 Å². The van der Waals surface area contributed by atoms with Crippen LogP contribution in [-0.4, -0.2) is 60.2 Å². The topological polar surface area (TPSA) is 106 Å². The van der Waals surface area contributed by atoms with Gasteiger partial charge in [-0.2, -0.15) is 0 Å². The maximum Gasteiger partial charge on any atom is 0.258 e. The zero-order valence-electron chi connectivity index (χ0n) is 15.1. The lowest BCUT2D eigenvalue weighted by Gasteiger charge is -2.14. The van der Waals surface area contributed by atoms with E-state index in [0.29, 0.717) is 24.7 Å². The number of hydrogen-bond donors (Lipinski definition) is 4. The first-order valence-corrected chi connectivity index (χ1v) is 8.98. The van der Waals surface area contributed by atoms with Crippen LogP contribution in [0.15, 0.2) is 41.4 Å². The molecule has 1 atom stereocenters. The van der Waals surface area contributed by atoms with Crippen LogP contribution in [0.1, 0.15) is 5.56 Å². The van der Waals surface area contributed by atoms with Gasteiger partial charge in [0.1, 0.15) is 23.5 Å². The van der Waals surface area contributed by atoms with Crippen molar-refractivity contribution in [2.45, 2.75) is 18.1 Å².